The van der Waals surface area contributed by atoms with Gasteiger partial charge in [-0.3, -0.25) is 0 Å². The third-order valence-electron chi connectivity index (χ3n) is 1.53. The minimum Gasteiger partial charge on any atom is -0.862 e. The first kappa shape index (κ1) is 58.3. The Hall–Kier alpha value is 0.417. The Kier molecular flexibility index (Phi) is 50.4. The van der Waals surface area contributed by atoms with Crippen LogP contribution in [-0.2, 0) is 42.1 Å². The second kappa shape index (κ2) is 27.7. The fourth-order valence-electron chi connectivity index (χ4n) is 0. The quantitative estimate of drug-likeness (QED) is 0.105. The Morgan fingerprint density at radius 1 is 0.594 bits per heavy atom. The summed E-state index contributed by atoms with van der Waals surface area (Å²) in [4.78, 5) is 0. The van der Waals surface area contributed by atoms with Gasteiger partial charge in [-0.25, -0.2) is 37.3 Å². The van der Waals surface area contributed by atoms with E-state index in [1.165, 1.54) is 0 Å². The van der Waals surface area contributed by atoms with Gasteiger partial charge in [0.25, 0.3) is 0 Å². The summed E-state index contributed by atoms with van der Waals surface area (Å²) in [6.45, 7) is 11.5. The number of hydrogen-bond acceptors (Lipinski definition) is 16. The van der Waals surface area contributed by atoms with Crippen molar-refractivity contribution >= 4 is 11.8 Å². The van der Waals surface area contributed by atoms with Crippen molar-refractivity contribution in [2.45, 2.75) is 41.5 Å². The topological polar surface area (TPSA) is 400 Å². The van der Waals surface area contributed by atoms with Crippen LogP contribution in [0.5, 0.6) is 0 Å². The largest absolute Gasteiger partial charge is 4.00 e. The van der Waals surface area contributed by atoms with Gasteiger partial charge in [0, 0.05) is 13.1 Å². The maximum absolute atomic E-state index is 10.1. The molecular formula is C12H34Cl2N6O10Pt2+4. The molecule has 0 aliphatic rings. The van der Waals surface area contributed by atoms with Crippen molar-refractivity contribution in [1.29, 1.82) is 10.8 Å². The molecule has 202 valence electrons. The van der Waals surface area contributed by atoms with Gasteiger partial charge in [-0.15, -0.1) is 20.5 Å². The standard InChI is InChI=1S/2C5H11NO.C2H8N2.2ClHO4.2H3N.2Pt/c2*1-5(2,3)4(6)7;3-1-2-4;2*2-1(3,4)5;;;;/h2*1-3H3,(H2,6,7);1-4H2;2*(H,2,3,4,5);2*1H3;;/q;;;;;;;2*+4/p-4. The fraction of sp³-hybridized carbons (Fsp3) is 0.833. The van der Waals surface area contributed by atoms with Crippen LogP contribution in [0.2, 0.25) is 0 Å². The monoisotopic (exact) mass is 882 g/mol. The first-order chi connectivity index (χ1) is 11.8. The summed E-state index contributed by atoms with van der Waals surface area (Å²) >= 11 is 0. The van der Waals surface area contributed by atoms with Gasteiger partial charge in [-0.1, -0.05) is 41.5 Å². The predicted molar refractivity (Wildman–Crippen MR) is 82.5 cm³/mol. The van der Waals surface area contributed by atoms with E-state index in [0.29, 0.717) is 13.1 Å². The van der Waals surface area contributed by atoms with Crippen LogP contribution in [0.15, 0.2) is 0 Å². The van der Waals surface area contributed by atoms with Crippen molar-refractivity contribution in [2.75, 3.05) is 13.1 Å². The van der Waals surface area contributed by atoms with E-state index in [1.54, 1.807) is 41.5 Å². The minimum absolute atomic E-state index is 0. The second-order valence-electron chi connectivity index (χ2n) is 6.49. The van der Waals surface area contributed by atoms with Crippen LogP contribution in [0.25, 0.3) is 0 Å². The summed E-state index contributed by atoms with van der Waals surface area (Å²) in [7, 11) is -9.89. The molecule has 0 fully saturated rings. The Morgan fingerprint density at radius 2 is 0.656 bits per heavy atom. The van der Waals surface area contributed by atoms with Crippen LogP contribution in [0.3, 0.4) is 0 Å². The van der Waals surface area contributed by atoms with Crippen molar-refractivity contribution in [3.63, 3.8) is 0 Å². The van der Waals surface area contributed by atoms with Crippen molar-refractivity contribution in [3.05, 3.63) is 0 Å². The molecule has 0 bridgehead atoms. The van der Waals surface area contributed by atoms with E-state index in [0.717, 1.165) is 0 Å². The van der Waals surface area contributed by atoms with Crippen molar-refractivity contribution in [3.8, 4) is 0 Å². The maximum Gasteiger partial charge on any atom is 4.00 e. The molecule has 0 unspecified atom stereocenters. The molecule has 16 nitrogen and oxygen atoms in total. The molecule has 0 atom stereocenters. The average molecular weight is 883 g/mol. The first-order valence-corrected chi connectivity index (χ1v) is 9.43. The van der Waals surface area contributed by atoms with Crippen molar-refractivity contribution < 1.29 is 110 Å². The molecule has 0 saturated carbocycles. The van der Waals surface area contributed by atoms with E-state index in [2.05, 4.69) is 0 Å². The molecule has 0 saturated heterocycles. The molecule has 0 rings (SSSR count). The fourth-order valence-corrected chi connectivity index (χ4v) is 0. The van der Waals surface area contributed by atoms with Gasteiger partial charge in [-0.05, 0) is 22.6 Å². The molecular weight excluding hydrogens is 849 g/mol. The smallest absolute Gasteiger partial charge is 0.862 e. The van der Waals surface area contributed by atoms with E-state index >= 15 is 0 Å². The second-order valence-corrected chi connectivity index (χ2v) is 8.00. The molecule has 0 aliphatic heterocycles. The molecule has 0 aliphatic carbocycles. The van der Waals surface area contributed by atoms with Crippen LogP contribution < -0.4 is 71.3 Å². The van der Waals surface area contributed by atoms with E-state index in [9.17, 15) is 10.2 Å². The average Bonchev–Trinajstić information content (AvgIpc) is 2.33. The summed E-state index contributed by atoms with van der Waals surface area (Å²) < 4.78 is 67.9. The molecule has 12 N–H and O–H groups in total. The Morgan fingerprint density at radius 3 is 0.656 bits per heavy atom. The van der Waals surface area contributed by atoms with Gasteiger partial charge in [0.2, 0.25) is 0 Å². The Balaban J connectivity index is -0.0000000290. The van der Waals surface area contributed by atoms with Gasteiger partial charge in [0.1, 0.15) is 0 Å². The summed E-state index contributed by atoms with van der Waals surface area (Å²) in [6, 6.07) is 0. The SMILES string of the molecule is CC(C)(C)C(=N)[O-].CC(C)(C)C(=N)[O-].N.N.NCCN.[O-][Cl+3]([O-])([O-])[O-].[O-][Cl+3]([O-])([O-])[O-].[Pt+4].[Pt+4]. The molecule has 0 heterocycles. The Bertz CT molecular complexity index is 367. The zero-order valence-electron chi connectivity index (χ0n) is 18.5. The van der Waals surface area contributed by atoms with Gasteiger partial charge in [0.15, 0.2) is 0 Å². The van der Waals surface area contributed by atoms with Crippen LogP contribution in [0.1, 0.15) is 41.5 Å². The molecule has 0 radical (unpaired) electrons. The van der Waals surface area contributed by atoms with E-state index in [-0.39, 0.29) is 54.4 Å². The van der Waals surface area contributed by atoms with Crippen LogP contribution in [0, 0.1) is 42.1 Å². The van der Waals surface area contributed by atoms with E-state index < -0.39 is 43.1 Å². The van der Waals surface area contributed by atoms with Gasteiger partial charge in [-0.2, -0.15) is 0 Å². The van der Waals surface area contributed by atoms with Crippen molar-refractivity contribution in [2.24, 2.45) is 22.3 Å². The van der Waals surface area contributed by atoms with E-state index in [1.807, 2.05) is 0 Å². The van der Waals surface area contributed by atoms with E-state index in [4.69, 9.17) is 59.6 Å². The number of halogens is 2. The number of rotatable bonds is 1. The third kappa shape index (κ3) is 146. The predicted octanol–water partition coefficient (Wildman–Crippen LogP) is -9.55. The molecule has 0 spiro atoms. The van der Waals surface area contributed by atoms with Gasteiger partial charge < -0.3 is 44.8 Å². The zero-order chi connectivity index (χ0) is 24.6. The summed E-state index contributed by atoms with van der Waals surface area (Å²) in [5.74, 6) is -1.01. The molecule has 0 aromatic rings. The maximum atomic E-state index is 10.1. The number of nitrogens with two attached hydrogens (primary N) is 2. The first-order valence-electron chi connectivity index (χ1n) is 6.96. The molecule has 0 aromatic carbocycles. The number of nitrogens with one attached hydrogen (secondary N) is 2. The number of hydrogen-bond donors (Lipinski definition) is 6. The van der Waals surface area contributed by atoms with Crippen molar-refractivity contribution in [1.82, 2.24) is 12.3 Å². The zero-order valence-corrected chi connectivity index (χ0v) is 24.5. The van der Waals surface area contributed by atoms with Crippen LogP contribution >= 0.6 is 0 Å². The summed E-state index contributed by atoms with van der Waals surface area (Å²) in [5, 5.41) is 33.4. The molecule has 0 amide bonds. The molecule has 20 heteroatoms. The minimum atomic E-state index is -4.94. The van der Waals surface area contributed by atoms with Crippen LogP contribution in [0.4, 0.5) is 0 Å². The summed E-state index contributed by atoms with van der Waals surface area (Å²) in [6.07, 6.45) is 0. The third-order valence-corrected chi connectivity index (χ3v) is 1.53. The van der Waals surface area contributed by atoms with Crippen LogP contribution in [-0.4, -0.2) is 24.9 Å². The van der Waals surface area contributed by atoms with Gasteiger partial charge >= 0.3 is 42.1 Å². The molecule has 0 aromatic heterocycles. The normalized spacial score (nSPS) is 9.62. The molecule has 32 heavy (non-hydrogen) atoms. The van der Waals surface area contributed by atoms with Gasteiger partial charge in [0.05, 0.1) is 0 Å². The summed E-state index contributed by atoms with van der Waals surface area (Å²) in [5.41, 5.74) is 8.86. The Labute approximate surface area is 221 Å².